The van der Waals surface area contributed by atoms with Crippen molar-refractivity contribution in [1.29, 1.82) is 0 Å². The van der Waals surface area contributed by atoms with Crippen LogP contribution in [0.3, 0.4) is 0 Å². The molecule has 0 saturated heterocycles. The van der Waals surface area contributed by atoms with Crippen LogP contribution in [-0.2, 0) is 21.2 Å². The van der Waals surface area contributed by atoms with E-state index in [4.69, 9.17) is 0 Å². The lowest BCUT2D eigenvalue weighted by Crippen LogP contribution is -2.56. The highest BCUT2D eigenvalue weighted by molar-refractivity contribution is 7.91. The molecule has 0 aromatic carbocycles. The number of nitrogens with one attached hydrogen (secondary N) is 1. The van der Waals surface area contributed by atoms with Crippen LogP contribution in [0.25, 0.3) is 0 Å². The lowest BCUT2D eigenvalue weighted by atomic mass is 9.78. The number of aryl methyl sites for hydroxylation is 1. The molecular formula is C14H21NO4S2. The number of carboxylic acid groups (broad SMARTS) is 1. The van der Waals surface area contributed by atoms with Gasteiger partial charge in [-0.15, -0.1) is 11.3 Å². The van der Waals surface area contributed by atoms with Crippen LogP contribution in [0, 0.1) is 5.92 Å². The summed E-state index contributed by atoms with van der Waals surface area (Å²) < 4.78 is 27.6. The molecule has 1 aliphatic carbocycles. The molecule has 0 amide bonds. The number of rotatable bonds is 5. The van der Waals surface area contributed by atoms with E-state index in [0.29, 0.717) is 18.8 Å². The standard InChI is InChI=1S/C14H21NO4S2/c1-3-11-4-5-12(20-11)21(18,19)15-14(13(16)17)8-6-10(2)7-9-14/h4-5,10,15H,3,6-9H2,1-2H3,(H,16,17). The second-order valence-electron chi connectivity index (χ2n) is 5.75. The lowest BCUT2D eigenvalue weighted by Gasteiger charge is -2.35. The van der Waals surface area contributed by atoms with Gasteiger partial charge in [-0.1, -0.05) is 13.8 Å². The van der Waals surface area contributed by atoms with Crippen molar-refractivity contribution in [2.75, 3.05) is 0 Å². The summed E-state index contributed by atoms with van der Waals surface area (Å²) in [5.41, 5.74) is -1.36. The number of hydrogen-bond acceptors (Lipinski definition) is 4. The molecule has 1 aliphatic rings. The molecule has 2 N–H and O–H groups in total. The molecule has 1 saturated carbocycles. The highest BCUT2D eigenvalue weighted by Gasteiger charge is 2.44. The van der Waals surface area contributed by atoms with E-state index in [1.54, 1.807) is 12.1 Å². The first kappa shape index (κ1) is 16.5. The molecule has 0 atom stereocenters. The van der Waals surface area contributed by atoms with Crippen LogP contribution in [0.15, 0.2) is 16.3 Å². The van der Waals surface area contributed by atoms with Crippen molar-refractivity contribution in [3.63, 3.8) is 0 Å². The number of carboxylic acids is 1. The highest BCUT2D eigenvalue weighted by Crippen LogP contribution is 2.34. The summed E-state index contributed by atoms with van der Waals surface area (Å²) >= 11 is 1.20. The summed E-state index contributed by atoms with van der Waals surface area (Å²) in [4.78, 5) is 12.6. The Hall–Kier alpha value is -0.920. The predicted octanol–water partition coefficient (Wildman–Crippen LogP) is 2.62. The topological polar surface area (TPSA) is 83.5 Å². The van der Waals surface area contributed by atoms with Crippen LogP contribution in [0.1, 0.15) is 44.4 Å². The zero-order valence-corrected chi connectivity index (χ0v) is 13.9. The molecule has 0 spiro atoms. The van der Waals surface area contributed by atoms with Crippen molar-refractivity contribution < 1.29 is 18.3 Å². The minimum absolute atomic E-state index is 0.193. The summed E-state index contributed by atoms with van der Waals surface area (Å²) in [6, 6.07) is 3.32. The van der Waals surface area contributed by atoms with E-state index in [2.05, 4.69) is 11.6 Å². The van der Waals surface area contributed by atoms with Crippen LogP contribution in [0.2, 0.25) is 0 Å². The smallest absolute Gasteiger partial charge is 0.324 e. The van der Waals surface area contributed by atoms with Crippen molar-refractivity contribution in [2.24, 2.45) is 5.92 Å². The second-order valence-corrected chi connectivity index (χ2v) is 8.83. The van der Waals surface area contributed by atoms with Gasteiger partial charge in [0.1, 0.15) is 9.75 Å². The first-order valence-electron chi connectivity index (χ1n) is 7.15. The molecule has 1 heterocycles. The number of aliphatic carboxylic acids is 1. The Bertz CT molecular complexity index is 613. The Balaban J connectivity index is 2.26. The van der Waals surface area contributed by atoms with Crippen molar-refractivity contribution in [3.05, 3.63) is 17.0 Å². The molecule has 1 fully saturated rings. The van der Waals surface area contributed by atoms with E-state index in [9.17, 15) is 18.3 Å². The Morgan fingerprint density at radius 1 is 1.43 bits per heavy atom. The molecule has 2 rings (SSSR count). The van der Waals surface area contributed by atoms with Gasteiger partial charge in [0.15, 0.2) is 0 Å². The molecule has 118 valence electrons. The minimum Gasteiger partial charge on any atom is -0.480 e. The fourth-order valence-electron chi connectivity index (χ4n) is 2.61. The summed E-state index contributed by atoms with van der Waals surface area (Å²) in [7, 11) is -3.78. The van der Waals surface area contributed by atoms with Crippen molar-refractivity contribution >= 4 is 27.3 Å². The maximum absolute atomic E-state index is 12.5. The third kappa shape index (κ3) is 3.46. The van der Waals surface area contributed by atoms with Crippen LogP contribution >= 0.6 is 11.3 Å². The van der Waals surface area contributed by atoms with Crippen LogP contribution in [0.4, 0.5) is 0 Å². The van der Waals surface area contributed by atoms with Crippen molar-refractivity contribution in [1.82, 2.24) is 4.72 Å². The second kappa shape index (κ2) is 6.06. The van der Waals surface area contributed by atoms with Gasteiger partial charge in [0.05, 0.1) is 0 Å². The van der Waals surface area contributed by atoms with E-state index < -0.39 is 21.5 Å². The molecule has 1 aromatic rings. The Labute approximate surface area is 129 Å². The summed E-state index contributed by atoms with van der Waals surface area (Å²) in [6.07, 6.45) is 2.89. The first-order valence-corrected chi connectivity index (χ1v) is 9.45. The Kier molecular flexibility index (Phi) is 4.75. The third-order valence-corrected chi connectivity index (χ3v) is 7.37. The molecule has 0 unspecified atom stereocenters. The lowest BCUT2D eigenvalue weighted by molar-refractivity contribution is -0.145. The maximum Gasteiger partial charge on any atom is 0.324 e. The molecular weight excluding hydrogens is 310 g/mol. The number of hydrogen-bond donors (Lipinski definition) is 2. The monoisotopic (exact) mass is 331 g/mol. The average molecular weight is 331 g/mol. The van der Waals surface area contributed by atoms with Gasteiger partial charge in [-0.05, 0) is 50.2 Å². The van der Waals surface area contributed by atoms with Gasteiger partial charge < -0.3 is 5.11 Å². The maximum atomic E-state index is 12.5. The van der Waals surface area contributed by atoms with Gasteiger partial charge in [0.25, 0.3) is 10.0 Å². The molecule has 0 radical (unpaired) electrons. The number of sulfonamides is 1. The van der Waals surface area contributed by atoms with E-state index in [-0.39, 0.29) is 4.21 Å². The van der Waals surface area contributed by atoms with Crippen LogP contribution in [0.5, 0.6) is 0 Å². The van der Waals surface area contributed by atoms with Gasteiger partial charge in [0, 0.05) is 4.88 Å². The normalized spacial score (nSPS) is 26.7. The molecule has 0 bridgehead atoms. The van der Waals surface area contributed by atoms with E-state index in [1.165, 1.54) is 11.3 Å². The quantitative estimate of drug-likeness (QED) is 0.869. The van der Waals surface area contributed by atoms with E-state index in [1.807, 2.05) is 6.92 Å². The van der Waals surface area contributed by atoms with Crippen molar-refractivity contribution in [2.45, 2.75) is 55.7 Å². The first-order chi connectivity index (χ1) is 9.79. The zero-order valence-electron chi connectivity index (χ0n) is 12.3. The zero-order chi connectivity index (χ0) is 15.7. The van der Waals surface area contributed by atoms with Crippen LogP contribution in [-0.4, -0.2) is 25.0 Å². The van der Waals surface area contributed by atoms with Gasteiger partial charge in [-0.3, -0.25) is 4.79 Å². The highest BCUT2D eigenvalue weighted by atomic mass is 32.2. The van der Waals surface area contributed by atoms with E-state index in [0.717, 1.165) is 24.1 Å². The Morgan fingerprint density at radius 3 is 2.52 bits per heavy atom. The SMILES string of the molecule is CCc1ccc(S(=O)(=O)NC2(C(=O)O)CCC(C)CC2)s1. The fourth-order valence-corrected chi connectivity index (χ4v) is 5.33. The number of thiophene rings is 1. The molecule has 1 aromatic heterocycles. The van der Waals surface area contributed by atoms with Crippen LogP contribution < -0.4 is 4.72 Å². The van der Waals surface area contributed by atoms with Gasteiger partial charge >= 0.3 is 5.97 Å². The van der Waals surface area contributed by atoms with E-state index >= 15 is 0 Å². The van der Waals surface area contributed by atoms with Gasteiger partial charge in [-0.2, -0.15) is 4.72 Å². The Morgan fingerprint density at radius 2 is 2.05 bits per heavy atom. The molecule has 21 heavy (non-hydrogen) atoms. The summed E-state index contributed by atoms with van der Waals surface area (Å²) in [6.45, 7) is 4.02. The molecule has 0 aliphatic heterocycles. The summed E-state index contributed by atoms with van der Waals surface area (Å²) in [5, 5.41) is 9.51. The third-order valence-electron chi connectivity index (χ3n) is 4.12. The average Bonchev–Trinajstić information content (AvgIpc) is 2.91. The largest absolute Gasteiger partial charge is 0.480 e. The fraction of sp³-hybridized carbons (Fsp3) is 0.643. The number of carbonyl (C=O) groups is 1. The van der Waals surface area contributed by atoms with Gasteiger partial charge in [0.2, 0.25) is 0 Å². The molecule has 5 nitrogen and oxygen atoms in total. The summed E-state index contributed by atoms with van der Waals surface area (Å²) in [5.74, 6) is -0.638. The predicted molar refractivity (Wildman–Crippen MR) is 82.0 cm³/mol. The minimum atomic E-state index is -3.78. The van der Waals surface area contributed by atoms with Gasteiger partial charge in [-0.25, -0.2) is 8.42 Å². The molecule has 7 heteroatoms. The van der Waals surface area contributed by atoms with Crippen molar-refractivity contribution in [3.8, 4) is 0 Å².